The first-order valence-electron chi connectivity index (χ1n) is 12.6. The number of rotatable bonds is 5. The molecule has 1 fully saturated rings. The molecule has 6 nitrogen and oxygen atoms in total. The van der Waals surface area contributed by atoms with Gasteiger partial charge in [0.05, 0.1) is 22.8 Å². The minimum atomic E-state index is -0.594. The number of nitrogens with zero attached hydrogens (tertiary/aromatic N) is 3. The summed E-state index contributed by atoms with van der Waals surface area (Å²) in [6.45, 7) is 7.60. The molecular formula is C30H30BrClN4O2. The average molecular weight is 594 g/mol. The van der Waals surface area contributed by atoms with Crippen molar-refractivity contribution in [3.8, 4) is 0 Å². The SMILES string of the molecule is CC1N2CCN(C(=O)c3ccc(Br)c(Cl)c3)CC2=C(C(=O)NC(C)(C)c2ccccc2)N1c1ccccc1. The zero-order valence-electron chi connectivity index (χ0n) is 21.6. The van der Waals surface area contributed by atoms with E-state index in [1.165, 1.54) is 0 Å². The highest BCUT2D eigenvalue weighted by molar-refractivity contribution is 9.10. The summed E-state index contributed by atoms with van der Waals surface area (Å²) in [4.78, 5) is 33.7. The van der Waals surface area contributed by atoms with E-state index in [-0.39, 0.29) is 18.0 Å². The van der Waals surface area contributed by atoms with Gasteiger partial charge in [0.25, 0.3) is 11.8 Å². The Balaban J connectivity index is 1.52. The molecule has 3 aromatic rings. The van der Waals surface area contributed by atoms with Crippen molar-refractivity contribution in [2.45, 2.75) is 32.5 Å². The minimum Gasteiger partial charge on any atom is -0.349 e. The first-order valence-corrected chi connectivity index (χ1v) is 13.8. The lowest BCUT2D eigenvalue weighted by Crippen LogP contribution is -2.49. The van der Waals surface area contributed by atoms with E-state index < -0.39 is 5.54 Å². The third kappa shape index (κ3) is 4.93. The Kier molecular flexibility index (Phi) is 7.25. The molecule has 2 aliphatic heterocycles. The number of piperazine rings is 1. The Morgan fingerprint density at radius 3 is 2.29 bits per heavy atom. The van der Waals surface area contributed by atoms with Gasteiger partial charge in [0.2, 0.25) is 0 Å². The fraction of sp³-hybridized carbons (Fsp3) is 0.267. The van der Waals surface area contributed by atoms with Gasteiger partial charge >= 0.3 is 0 Å². The number of amides is 2. The number of para-hydroxylation sites is 1. The van der Waals surface area contributed by atoms with Gasteiger partial charge in [-0.2, -0.15) is 0 Å². The fourth-order valence-corrected chi connectivity index (χ4v) is 5.66. The van der Waals surface area contributed by atoms with Gasteiger partial charge in [0.1, 0.15) is 11.9 Å². The molecule has 1 N–H and O–H groups in total. The van der Waals surface area contributed by atoms with Crippen LogP contribution in [0.15, 0.2) is 94.7 Å². The maximum atomic E-state index is 14.1. The largest absolute Gasteiger partial charge is 0.349 e. The van der Waals surface area contributed by atoms with Gasteiger partial charge in [0, 0.05) is 28.8 Å². The molecular weight excluding hydrogens is 564 g/mol. The molecule has 2 heterocycles. The number of hydrogen-bond acceptors (Lipinski definition) is 4. The van der Waals surface area contributed by atoms with Crippen LogP contribution in [0.5, 0.6) is 0 Å². The molecule has 1 unspecified atom stereocenters. The van der Waals surface area contributed by atoms with Gasteiger partial charge in [-0.05, 0) is 72.6 Å². The van der Waals surface area contributed by atoms with E-state index in [9.17, 15) is 9.59 Å². The maximum absolute atomic E-state index is 14.1. The molecule has 0 radical (unpaired) electrons. The van der Waals surface area contributed by atoms with Crippen molar-refractivity contribution >= 4 is 45.0 Å². The van der Waals surface area contributed by atoms with Crippen LogP contribution in [0.1, 0.15) is 36.7 Å². The predicted octanol–water partition coefficient (Wildman–Crippen LogP) is 5.99. The van der Waals surface area contributed by atoms with Gasteiger partial charge in [-0.3, -0.25) is 9.59 Å². The number of fused-ring (bicyclic) bond motifs is 1. The zero-order chi connectivity index (χ0) is 27.0. The van der Waals surface area contributed by atoms with Crippen LogP contribution >= 0.6 is 27.5 Å². The maximum Gasteiger partial charge on any atom is 0.270 e. The summed E-state index contributed by atoms with van der Waals surface area (Å²) < 4.78 is 0.742. The third-order valence-corrected chi connectivity index (χ3v) is 8.49. The number of benzene rings is 3. The first kappa shape index (κ1) is 26.3. The molecule has 2 amide bonds. The minimum absolute atomic E-state index is 0.0765. The van der Waals surface area contributed by atoms with Gasteiger partial charge in [-0.15, -0.1) is 0 Å². The van der Waals surface area contributed by atoms with Crippen molar-refractivity contribution in [1.82, 2.24) is 15.1 Å². The topological polar surface area (TPSA) is 55.9 Å². The quantitative estimate of drug-likeness (QED) is 0.395. The molecule has 1 saturated heterocycles. The van der Waals surface area contributed by atoms with E-state index in [4.69, 9.17) is 11.6 Å². The van der Waals surface area contributed by atoms with E-state index >= 15 is 0 Å². The molecule has 3 aromatic carbocycles. The average Bonchev–Trinajstić information content (AvgIpc) is 3.22. The lowest BCUT2D eigenvalue weighted by molar-refractivity contribution is -0.119. The number of anilines is 1. The van der Waals surface area contributed by atoms with Crippen molar-refractivity contribution in [2.75, 3.05) is 24.5 Å². The Labute approximate surface area is 237 Å². The van der Waals surface area contributed by atoms with Crippen LogP contribution in [-0.4, -0.2) is 47.4 Å². The second-order valence-corrected chi connectivity index (χ2v) is 11.4. The summed E-state index contributed by atoms with van der Waals surface area (Å²) in [5, 5.41) is 3.75. The first-order chi connectivity index (χ1) is 18.2. The fourth-order valence-electron chi connectivity index (χ4n) is 5.23. The highest BCUT2D eigenvalue weighted by Gasteiger charge is 2.43. The van der Waals surface area contributed by atoms with E-state index in [0.717, 1.165) is 21.4 Å². The monoisotopic (exact) mass is 592 g/mol. The van der Waals surface area contributed by atoms with Gasteiger partial charge in [0.15, 0.2) is 0 Å². The van der Waals surface area contributed by atoms with Crippen molar-refractivity contribution in [3.05, 3.63) is 111 Å². The highest BCUT2D eigenvalue weighted by atomic mass is 79.9. The number of halogens is 2. The Morgan fingerprint density at radius 1 is 0.974 bits per heavy atom. The highest BCUT2D eigenvalue weighted by Crippen LogP contribution is 2.37. The summed E-state index contributed by atoms with van der Waals surface area (Å²) in [6.07, 6.45) is -0.0765. The molecule has 0 spiro atoms. The standard InChI is InChI=1S/C30H30BrClN4O2/c1-20-35-17-16-34(29(38)21-14-15-24(31)25(32)18-21)19-26(35)27(36(20)23-12-8-5-9-13-23)28(37)33-30(2,3)22-10-6-4-7-11-22/h4-15,18,20H,16-17,19H2,1-3H3,(H,33,37). The van der Waals surface area contributed by atoms with Crippen LogP contribution in [0.3, 0.4) is 0 Å². The summed E-state index contributed by atoms with van der Waals surface area (Å²) in [5.41, 5.74) is 3.28. The van der Waals surface area contributed by atoms with Crippen LogP contribution < -0.4 is 10.2 Å². The second kappa shape index (κ2) is 10.5. The second-order valence-electron chi connectivity index (χ2n) is 10.1. The van der Waals surface area contributed by atoms with Crippen LogP contribution in [0, 0.1) is 0 Å². The van der Waals surface area contributed by atoms with Crippen molar-refractivity contribution in [2.24, 2.45) is 0 Å². The van der Waals surface area contributed by atoms with E-state index in [2.05, 4.69) is 38.0 Å². The van der Waals surface area contributed by atoms with E-state index in [1.54, 1.807) is 23.1 Å². The molecule has 5 rings (SSSR count). The van der Waals surface area contributed by atoms with Gasteiger partial charge in [-0.1, -0.05) is 60.1 Å². The van der Waals surface area contributed by atoms with E-state index in [0.29, 0.717) is 35.9 Å². The van der Waals surface area contributed by atoms with Gasteiger partial charge < -0.3 is 20.0 Å². The molecule has 0 aliphatic carbocycles. The summed E-state index contributed by atoms with van der Waals surface area (Å²) in [5.74, 6) is -0.283. The van der Waals surface area contributed by atoms with Crippen molar-refractivity contribution in [1.29, 1.82) is 0 Å². The van der Waals surface area contributed by atoms with Crippen LogP contribution in [0.2, 0.25) is 5.02 Å². The summed E-state index contributed by atoms with van der Waals surface area (Å²) >= 11 is 9.66. The molecule has 2 aliphatic rings. The number of carbonyl (C=O) groups is 2. The third-order valence-electron chi connectivity index (χ3n) is 7.26. The number of nitrogens with one attached hydrogen (secondary N) is 1. The Morgan fingerprint density at radius 2 is 1.63 bits per heavy atom. The normalized spacial score (nSPS) is 17.5. The zero-order valence-corrected chi connectivity index (χ0v) is 24.0. The van der Waals surface area contributed by atoms with Gasteiger partial charge in [-0.25, -0.2) is 0 Å². The lowest BCUT2D eigenvalue weighted by atomic mass is 9.94. The molecule has 0 aromatic heterocycles. The Hall–Kier alpha value is -3.29. The van der Waals surface area contributed by atoms with Crippen molar-refractivity contribution in [3.63, 3.8) is 0 Å². The van der Waals surface area contributed by atoms with E-state index in [1.807, 2.05) is 74.5 Å². The molecule has 196 valence electrons. The molecule has 0 bridgehead atoms. The summed E-state index contributed by atoms with van der Waals surface area (Å²) in [6, 6.07) is 25.1. The van der Waals surface area contributed by atoms with Crippen LogP contribution in [-0.2, 0) is 10.3 Å². The smallest absolute Gasteiger partial charge is 0.270 e. The van der Waals surface area contributed by atoms with Crippen LogP contribution in [0.25, 0.3) is 0 Å². The number of hydrogen-bond donors (Lipinski definition) is 1. The lowest BCUT2D eigenvalue weighted by Gasteiger charge is -2.38. The summed E-state index contributed by atoms with van der Waals surface area (Å²) in [7, 11) is 0. The van der Waals surface area contributed by atoms with Crippen molar-refractivity contribution < 1.29 is 9.59 Å². The number of carbonyl (C=O) groups excluding carboxylic acids is 2. The Bertz CT molecular complexity index is 1390. The molecule has 38 heavy (non-hydrogen) atoms. The predicted molar refractivity (Wildman–Crippen MR) is 155 cm³/mol. The molecule has 1 atom stereocenters. The van der Waals surface area contributed by atoms with Crippen LogP contribution in [0.4, 0.5) is 5.69 Å². The molecule has 8 heteroatoms. The molecule has 0 saturated carbocycles.